The number of hydrogen-bond acceptors (Lipinski definition) is 4. The highest BCUT2D eigenvalue weighted by Gasteiger charge is 2.11. The molecular formula is C19H14Cl2N4S. The second-order valence-corrected chi connectivity index (χ2v) is 7.57. The van der Waals surface area contributed by atoms with E-state index < -0.39 is 0 Å². The second kappa shape index (κ2) is 7.27. The Morgan fingerprint density at radius 1 is 1.08 bits per heavy atom. The summed E-state index contributed by atoms with van der Waals surface area (Å²) in [6.45, 7) is 1.98. The van der Waals surface area contributed by atoms with Crippen LogP contribution < -0.4 is 0 Å². The molecule has 0 unspecified atom stereocenters. The van der Waals surface area contributed by atoms with Crippen molar-refractivity contribution in [3.8, 4) is 5.69 Å². The van der Waals surface area contributed by atoms with Crippen molar-refractivity contribution in [1.82, 2.24) is 19.7 Å². The Bertz CT molecular complexity index is 1090. The fraction of sp³-hybridized carbons (Fsp3) is 0.105. The number of halogens is 2. The number of pyridine rings is 1. The third-order valence-corrected chi connectivity index (χ3v) is 5.84. The molecule has 0 aliphatic rings. The molecule has 4 aromatic rings. The highest BCUT2D eigenvalue weighted by molar-refractivity contribution is 7.98. The highest BCUT2D eigenvalue weighted by atomic mass is 35.5. The molecule has 0 bridgehead atoms. The molecule has 0 fully saturated rings. The summed E-state index contributed by atoms with van der Waals surface area (Å²) in [6, 6.07) is 13.7. The van der Waals surface area contributed by atoms with Crippen LogP contribution in [-0.2, 0) is 5.75 Å². The van der Waals surface area contributed by atoms with Gasteiger partial charge in [0.2, 0.25) is 0 Å². The van der Waals surface area contributed by atoms with E-state index in [1.54, 1.807) is 24.3 Å². The normalized spacial score (nSPS) is 11.2. The van der Waals surface area contributed by atoms with Gasteiger partial charge in [0, 0.05) is 27.4 Å². The Balaban J connectivity index is 1.63. The molecule has 7 heteroatoms. The molecule has 26 heavy (non-hydrogen) atoms. The van der Waals surface area contributed by atoms with E-state index in [0.717, 1.165) is 37.9 Å². The second-order valence-electron chi connectivity index (χ2n) is 5.81. The zero-order valence-electron chi connectivity index (χ0n) is 13.9. The molecule has 0 amide bonds. The van der Waals surface area contributed by atoms with Crippen LogP contribution in [0.3, 0.4) is 0 Å². The van der Waals surface area contributed by atoms with E-state index in [1.165, 1.54) is 0 Å². The summed E-state index contributed by atoms with van der Waals surface area (Å²) in [7, 11) is 0. The number of aryl methyl sites for hydroxylation is 1. The maximum Gasteiger partial charge on any atom is 0.195 e. The number of aromatic nitrogens is 4. The van der Waals surface area contributed by atoms with Crippen molar-refractivity contribution in [3.63, 3.8) is 0 Å². The summed E-state index contributed by atoms with van der Waals surface area (Å²) in [6.07, 6.45) is 3.48. The largest absolute Gasteiger partial charge is 0.277 e. The van der Waals surface area contributed by atoms with Gasteiger partial charge in [-0.25, -0.2) is 0 Å². The molecule has 2 heterocycles. The third-order valence-electron chi connectivity index (χ3n) is 4.11. The lowest BCUT2D eigenvalue weighted by Crippen LogP contribution is -1.96. The van der Waals surface area contributed by atoms with Gasteiger partial charge in [-0.1, -0.05) is 47.1 Å². The molecule has 2 aromatic heterocycles. The SMILES string of the molecule is Cc1ccc(-n2cnnc2SCc2ccc(Cl)c3cccnc23)cc1Cl. The minimum Gasteiger partial charge on any atom is -0.277 e. The molecular weight excluding hydrogens is 387 g/mol. The van der Waals surface area contributed by atoms with Gasteiger partial charge in [0.1, 0.15) is 6.33 Å². The molecule has 2 aromatic carbocycles. The summed E-state index contributed by atoms with van der Waals surface area (Å²) in [5, 5.41) is 11.5. The van der Waals surface area contributed by atoms with E-state index in [1.807, 2.05) is 54.0 Å². The Labute approximate surface area is 165 Å². The highest BCUT2D eigenvalue weighted by Crippen LogP contribution is 2.30. The van der Waals surface area contributed by atoms with Gasteiger partial charge in [-0.15, -0.1) is 10.2 Å². The summed E-state index contributed by atoms with van der Waals surface area (Å²) >= 11 is 14.1. The minimum absolute atomic E-state index is 0.708. The first-order valence-corrected chi connectivity index (χ1v) is 9.69. The first kappa shape index (κ1) is 17.3. The Hall–Kier alpha value is -2.08. The van der Waals surface area contributed by atoms with E-state index in [4.69, 9.17) is 23.2 Å². The maximum absolute atomic E-state index is 6.28. The van der Waals surface area contributed by atoms with Crippen LogP contribution in [0.1, 0.15) is 11.1 Å². The van der Waals surface area contributed by atoms with Crippen LogP contribution in [0.4, 0.5) is 0 Å². The molecule has 0 spiro atoms. The van der Waals surface area contributed by atoms with Gasteiger partial charge >= 0.3 is 0 Å². The first-order chi connectivity index (χ1) is 12.6. The van der Waals surface area contributed by atoms with E-state index in [2.05, 4.69) is 15.2 Å². The first-order valence-electron chi connectivity index (χ1n) is 7.95. The lowest BCUT2D eigenvalue weighted by atomic mass is 10.1. The lowest BCUT2D eigenvalue weighted by molar-refractivity contribution is 0.883. The molecule has 0 N–H and O–H groups in total. The van der Waals surface area contributed by atoms with Crippen molar-refractivity contribution in [3.05, 3.63) is 76.2 Å². The monoisotopic (exact) mass is 400 g/mol. The fourth-order valence-electron chi connectivity index (χ4n) is 2.69. The molecule has 0 radical (unpaired) electrons. The zero-order valence-corrected chi connectivity index (χ0v) is 16.2. The molecule has 0 aliphatic heterocycles. The maximum atomic E-state index is 6.28. The number of thioether (sulfide) groups is 1. The standard InChI is InChI=1S/C19H14Cl2N4S/c1-12-4-6-14(9-17(12)21)25-11-23-24-19(25)26-10-13-5-7-16(20)15-3-2-8-22-18(13)15/h2-9,11H,10H2,1H3. The summed E-state index contributed by atoms with van der Waals surface area (Å²) in [4.78, 5) is 4.49. The topological polar surface area (TPSA) is 43.6 Å². The predicted molar refractivity (Wildman–Crippen MR) is 107 cm³/mol. The van der Waals surface area contributed by atoms with Crippen molar-refractivity contribution in [2.45, 2.75) is 17.8 Å². The van der Waals surface area contributed by atoms with Gasteiger partial charge in [-0.05, 0) is 48.4 Å². The molecule has 4 nitrogen and oxygen atoms in total. The lowest BCUT2D eigenvalue weighted by Gasteiger charge is -2.09. The van der Waals surface area contributed by atoms with Crippen LogP contribution >= 0.6 is 35.0 Å². The average Bonchev–Trinajstić information content (AvgIpc) is 3.12. The number of rotatable bonds is 4. The molecule has 0 aliphatic carbocycles. The van der Waals surface area contributed by atoms with Gasteiger partial charge in [0.25, 0.3) is 0 Å². The van der Waals surface area contributed by atoms with Crippen molar-refractivity contribution >= 4 is 45.9 Å². The Morgan fingerprint density at radius 2 is 1.96 bits per heavy atom. The van der Waals surface area contributed by atoms with E-state index in [9.17, 15) is 0 Å². The third kappa shape index (κ3) is 3.30. The van der Waals surface area contributed by atoms with Gasteiger partial charge < -0.3 is 0 Å². The summed E-state index contributed by atoms with van der Waals surface area (Å²) in [5.74, 6) is 0.711. The van der Waals surface area contributed by atoms with Crippen molar-refractivity contribution in [1.29, 1.82) is 0 Å². The average molecular weight is 401 g/mol. The quantitative estimate of drug-likeness (QED) is 0.410. The van der Waals surface area contributed by atoms with Crippen LogP contribution in [0.15, 0.2) is 60.1 Å². The zero-order chi connectivity index (χ0) is 18.1. The van der Waals surface area contributed by atoms with Crippen LogP contribution in [0.2, 0.25) is 10.0 Å². The number of nitrogens with zero attached hydrogens (tertiary/aromatic N) is 4. The molecule has 0 atom stereocenters. The summed E-state index contributed by atoms with van der Waals surface area (Å²) in [5.41, 5.74) is 3.99. The van der Waals surface area contributed by atoms with Gasteiger partial charge in [0.15, 0.2) is 5.16 Å². The van der Waals surface area contributed by atoms with Crippen LogP contribution in [-0.4, -0.2) is 19.7 Å². The number of fused-ring (bicyclic) bond motifs is 1. The fourth-order valence-corrected chi connectivity index (χ4v) is 3.99. The molecule has 4 rings (SSSR count). The van der Waals surface area contributed by atoms with Crippen LogP contribution in [0, 0.1) is 6.92 Å². The van der Waals surface area contributed by atoms with E-state index >= 15 is 0 Å². The smallest absolute Gasteiger partial charge is 0.195 e. The number of hydrogen-bond donors (Lipinski definition) is 0. The molecule has 130 valence electrons. The van der Waals surface area contributed by atoms with E-state index in [0.29, 0.717) is 10.8 Å². The van der Waals surface area contributed by atoms with Crippen LogP contribution in [0.5, 0.6) is 0 Å². The molecule has 0 saturated carbocycles. The van der Waals surface area contributed by atoms with Crippen LogP contribution in [0.25, 0.3) is 16.6 Å². The molecule has 0 saturated heterocycles. The Kier molecular flexibility index (Phi) is 4.85. The van der Waals surface area contributed by atoms with Gasteiger partial charge in [-0.3, -0.25) is 9.55 Å². The van der Waals surface area contributed by atoms with Crippen molar-refractivity contribution < 1.29 is 0 Å². The van der Waals surface area contributed by atoms with Crippen molar-refractivity contribution in [2.24, 2.45) is 0 Å². The van der Waals surface area contributed by atoms with Gasteiger partial charge in [-0.2, -0.15) is 0 Å². The summed E-state index contributed by atoms with van der Waals surface area (Å²) < 4.78 is 1.93. The predicted octanol–water partition coefficient (Wildman–Crippen LogP) is 5.72. The van der Waals surface area contributed by atoms with Gasteiger partial charge in [0.05, 0.1) is 11.2 Å². The minimum atomic E-state index is 0.708. The number of benzene rings is 2. The van der Waals surface area contributed by atoms with Crippen molar-refractivity contribution in [2.75, 3.05) is 0 Å². The van der Waals surface area contributed by atoms with E-state index in [-0.39, 0.29) is 0 Å². The Morgan fingerprint density at radius 3 is 2.81 bits per heavy atom.